The first-order chi connectivity index (χ1) is 7.27. The van der Waals surface area contributed by atoms with Crippen molar-refractivity contribution in [1.82, 2.24) is 4.90 Å². The van der Waals surface area contributed by atoms with Crippen molar-refractivity contribution in [3.05, 3.63) is 20.8 Å². The molecule has 2 nitrogen and oxygen atoms in total. The molecule has 1 aliphatic heterocycles. The number of rotatable bonds is 1. The van der Waals surface area contributed by atoms with E-state index in [4.69, 9.17) is 0 Å². The number of carbonyl (C=O) groups excluding carboxylic acids is 1. The van der Waals surface area contributed by atoms with E-state index in [1.165, 1.54) is 17.1 Å². The molecule has 1 amide bonds. The third-order valence-corrected chi connectivity index (χ3v) is 4.95. The molecule has 82 valence electrons. The van der Waals surface area contributed by atoms with E-state index in [0.717, 1.165) is 33.9 Å². The van der Waals surface area contributed by atoms with Crippen molar-refractivity contribution in [2.45, 2.75) is 6.42 Å². The summed E-state index contributed by atoms with van der Waals surface area (Å²) < 4.78 is 1.02. The lowest BCUT2D eigenvalue weighted by Crippen LogP contribution is -2.32. The molecule has 1 saturated heterocycles. The Labute approximate surface area is 106 Å². The van der Waals surface area contributed by atoms with Crippen LogP contribution in [0.3, 0.4) is 0 Å². The van der Waals surface area contributed by atoms with Crippen molar-refractivity contribution in [2.24, 2.45) is 0 Å². The normalized spacial score (nSPS) is 17.5. The number of carbonyl (C=O) groups is 1. The highest BCUT2D eigenvalue weighted by molar-refractivity contribution is 9.11. The summed E-state index contributed by atoms with van der Waals surface area (Å²) in [6.07, 6.45) is 1.11. The lowest BCUT2D eigenvalue weighted by molar-refractivity contribution is 0.0773. The van der Waals surface area contributed by atoms with Gasteiger partial charge in [0.25, 0.3) is 5.91 Å². The molecule has 0 aliphatic carbocycles. The molecule has 15 heavy (non-hydrogen) atoms. The lowest BCUT2D eigenvalue weighted by atomic mass is 10.3. The first-order valence-electron chi connectivity index (χ1n) is 4.90. The van der Waals surface area contributed by atoms with Gasteiger partial charge >= 0.3 is 0 Å². The van der Waals surface area contributed by atoms with Crippen molar-refractivity contribution >= 4 is 44.9 Å². The molecule has 0 atom stereocenters. The molecule has 2 heterocycles. The maximum absolute atomic E-state index is 12.1. The topological polar surface area (TPSA) is 20.3 Å². The van der Waals surface area contributed by atoms with Gasteiger partial charge in [-0.25, -0.2) is 0 Å². The molecule has 0 unspecified atom stereocenters. The SMILES string of the molecule is O=C(c1ccc(Br)s1)N1CCCSCC1. The summed E-state index contributed by atoms with van der Waals surface area (Å²) in [5, 5.41) is 0. The molecule has 5 heteroatoms. The number of thiophene rings is 1. The van der Waals surface area contributed by atoms with Gasteiger partial charge in [-0.15, -0.1) is 11.3 Å². The van der Waals surface area contributed by atoms with E-state index in [1.54, 1.807) is 0 Å². The van der Waals surface area contributed by atoms with Crippen LogP contribution in [0.2, 0.25) is 0 Å². The fourth-order valence-corrected chi connectivity index (χ4v) is 3.78. The fourth-order valence-electron chi connectivity index (χ4n) is 1.53. The zero-order chi connectivity index (χ0) is 10.7. The van der Waals surface area contributed by atoms with Crippen LogP contribution in [0.5, 0.6) is 0 Å². The van der Waals surface area contributed by atoms with E-state index in [9.17, 15) is 4.79 Å². The number of halogens is 1. The van der Waals surface area contributed by atoms with Gasteiger partial charge in [-0.3, -0.25) is 4.79 Å². The van der Waals surface area contributed by atoms with Gasteiger partial charge in [0.2, 0.25) is 0 Å². The molecule has 1 fully saturated rings. The zero-order valence-electron chi connectivity index (χ0n) is 8.24. The maximum atomic E-state index is 12.1. The number of amides is 1. The van der Waals surface area contributed by atoms with Crippen molar-refractivity contribution in [3.63, 3.8) is 0 Å². The average molecular weight is 306 g/mol. The van der Waals surface area contributed by atoms with Gasteiger partial charge in [-0.05, 0) is 40.2 Å². The molecule has 1 aromatic heterocycles. The van der Waals surface area contributed by atoms with Crippen molar-refractivity contribution in [1.29, 1.82) is 0 Å². The van der Waals surface area contributed by atoms with Gasteiger partial charge in [0.05, 0.1) is 8.66 Å². The van der Waals surface area contributed by atoms with Gasteiger partial charge in [-0.2, -0.15) is 11.8 Å². The summed E-state index contributed by atoms with van der Waals surface area (Å²) in [5.74, 6) is 2.43. The van der Waals surface area contributed by atoms with E-state index >= 15 is 0 Å². The van der Waals surface area contributed by atoms with E-state index in [2.05, 4.69) is 15.9 Å². The van der Waals surface area contributed by atoms with Crippen LogP contribution in [-0.4, -0.2) is 35.4 Å². The molecule has 0 saturated carbocycles. The van der Waals surface area contributed by atoms with Crippen LogP contribution in [0, 0.1) is 0 Å². The maximum Gasteiger partial charge on any atom is 0.263 e. The summed E-state index contributed by atoms with van der Waals surface area (Å²) in [5.41, 5.74) is 0. The largest absolute Gasteiger partial charge is 0.337 e. The highest BCUT2D eigenvalue weighted by Crippen LogP contribution is 2.24. The highest BCUT2D eigenvalue weighted by atomic mass is 79.9. The molecule has 0 spiro atoms. The number of thioether (sulfide) groups is 1. The molecular weight excluding hydrogens is 294 g/mol. The second kappa shape index (κ2) is 5.37. The van der Waals surface area contributed by atoms with Crippen LogP contribution in [-0.2, 0) is 0 Å². The molecule has 0 aromatic carbocycles. The van der Waals surface area contributed by atoms with Crippen molar-refractivity contribution < 1.29 is 4.79 Å². The first kappa shape index (κ1) is 11.5. The van der Waals surface area contributed by atoms with Crippen LogP contribution in [0.15, 0.2) is 15.9 Å². The smallest absolute Gasteiger partial charge is 0.263 e. The van der Waals surface area contributed by atoms with E-state index in [0.29, 0.717) is 0 Å². The number of hydrogen-bond donors (Lipinski definition) is 0. The molecule has 1 aromatic rings. The summed E-state index contributed by atoms with van der Waals surface area (Å²) in [6.45, 7) is 1.79. The molecule has 2 rings (SSSR count). The number of nitrogens with zero attached hydrogens (tertiary/aromatic N) is 1. The van der Waals surface area contributed by atoms with Gasteiger partial charge in [0.1, 0.15) is 0 Å². The summed E-state index contributed by atoms with van der Waals surface area (Å²) in [6, 6.07) is 3.83. The Bertz CT molecular complexity index is 345. The second-order valence-electron chi connectivity index (χ2n) is 3.36. The third kappa shape index (κ3) is 2.98. The molecule has 0 bridgehead atoms. The molecular formula is C10H12BrNOS2. The molecule has 1 aliphatic rings. The van der Waals surface area contributed by atoms with Crippen LogP contribution in [0.25, 0.3) is 0 Å². The predicted molar refractivity (Wildman–Crippen MR) is 69.9 cm³/mol. The Morgan fingerprint density at radius 2 is 2.20 bits per heavy atom. The van der Waals surface area contributed by atoms with Crippen LogP contribution in [0.1, 0.15) is 16.1 Å². The van der Waals surface area contributed by atoms with E-state index < -0.39 is 0 Å². The monoisotopic (exact) mass is 305 g/mol. The van der Waals surface area contributed by atoms with Gasteiger partial charge in [0.15, 0.2) is 0 Å². The fraction of sp³-hybridized carbons (Fsp3) is 0.500. The quantitative estimate of drug-likeness (QED) is 0.794. The summed E-state index contributed by atoms with van der Waals surface area (Å²) in [4.78, 5) is 14.9. The Balaban J connectivity index is 2.06. The molecule has 0 radical (unpaired) electrons. The van der Waals surface area contributed by atoms with Crippen molar-refractivity contribution in [2.75, 3.05) is 24.6 Å². The Morgan fingerprint density at radius 1 is 1.33 bits per heavy atom. The Morgan fingerprint density at radius 3 is 2.93 bits per heavy atom. The minimum atomic E-state index is 0.188. The third-order valence-electron chi connectivity index (χ3n) is 2.29. The highest BCUT2D eigenvalue weighted by Gasteiger charge is 2.18. The second-order valence-corrected chi connectivity index (χ2v) is 7.05. The minimum absolute atomic E-state index is 0.188. The zero-order valence-corrected chi connectivity index (χ0v) is 11.5. The van der Waals surface area contributed by atoms with Crippen LogP contribution >= 0.6 is 39.0 Å². The predicted octanol–water partition coefficient (Wildman–Crippen LogP) is 3.09. The van der Waals surface area contributed by atoms with E-state index in [1.807, 2.05) is 28.8 Å². The average Bonchev–Trinajstić information content (AvgIpc) is 2.53. The lowest BCUT2D eigenvalue weighted by Gasteiger charge is -2.18. The van der Waals surface area contributed by atoms with Crippen LogP contribution in [0.4, 0.5) is 0 Å². The van der Waals surface area contributed by atoms with Crippen molar-refractivity contribution in [3.8, 4) is 0 Å². The van der Waals surface area contributed by atoms with E-state index in [-0.39, 0.29) is 5.91 Å². The summed E-state index contributed by atoms with van der Waals surface area (Å²) >= 11 is 6.84. The van der Waals surface area contributed by atoms with Gasteiger partial charge < -0.3 is 4.90 Å². The Hall–Kier alpha value is -0.000000000000000111. The van der Waals surface area contributed by atoms with Crippen LogP contribution < -0.4 is 0 Å². The Kier molecular flexibility index (Phi) is 4.11. The molecule has 0 N–H and O–H groups in total. The van der Waals surface area contributed by atoms with Gasteiger partial charge in [0, 0.05) is 18.8 Å². The first-order valence-corrected chi connectivity index (χ1v) is 7.66. The number of hydrogen-bond acceptors (Lipinski definition) is 3. The standard InChI is InChI=1S/C10H12BrNOS2/c11-9-3-2-8(15-9)10(13)12-4-1-6-14-7-5-12/h2-3H,1,4-7H2. The summed E-state index contributed by atoms with van der Waals surface area (Å²) in [7, 11) is 0. The minimum Gasteiger partial charge on any atom is -0.337 e. The van der Waals surface area contributed by atoms with Gasteiger partial charge in [-0.1, -0.05) is 0 Å².